The highest BCUT2D eigenvalue weighted by atomic mass is 32.2. The molecule has 2 rings (SSSR count). The molecule has 0 saturated carbocycles. The molecule has 0 aromatic heterocycles. The highest BCUT2D eigenvalue weighted by Crippen LogP contribution is 2.30. The van der Waals surface area contributed by atoms with E-state index in [4.69, 9.17) is 0 Å². The van der Waals surface area contributed by atoms with Gasteiger partial charge in [0, 0.05) is 11.6 Å². The third kappa shape index (κ3) is 3.42. The molecular formula is C14H20N2O2S. The van der Waals surface area contributed by atoms with E-state index in [2.05, 4.69) is 31.4 Å². The van der Waals surface area contributed by atoms with Crippen molar-refractivity contribution in [2.24, 2.45) is 0 Å². The molecule has 1 fully saturated rings. The molecule has 5 heteroatoms. The maximum atomic E-state index is 12.0. The lowest BCUT2D eigenvalue weighted by Crippen LogP contribution is -2.37. The fourth-order valence-corrected chi connectivity index (χ4v) is 2.83. The Hall–Kier alpha value is -1.20. The standard InChI is InChI=1S/C14H20N2O2S/c1-14(2,3)9-4-5-12(17)10(6-9)16-13(18)11-7-19-8-15-11/h4-6,11,15,17H,7-8H2,1-3H3,(H,16,18). The van der Waals surface area contributed by atoms with Gasteiger partial charge in [0.1, 0.15) is 5.75 Å². The Morgan fingerprint density at radius 3 is 2.79 bits per heavy atom. The molecule has 0 radical (unpaired) electrons. The van der Waals surface area contributed by atoms with E-state index in [9.17, 15) is 9.90 Å². The molecule has 0 spiro atoms. The number of amides is 1. The Morgan fingerprint density at radius 2 is 2.21 bits per heavy atom. The van der Waals surface area contributed by atoms with Crippen molar-refractivity contribution < 1.29 is 9.90 Å². The van der Waals surface area contributed by atoms with Crippen molar-refractivity contribution in [2.75, 3.05) is 16.9 Å². The van der Waals surface area contributed by atoms with Gasteiger partial charge in [0.25, 0.3) is 0 Å². The maximum absolute atomic E-state index is 12.0. The molecule has 1 atom stereocenters. The van der Waals surface area contributed by atoms with E-state index >= 15 is 0 Å². The van der Waals surface area contributed by atoms with E-state index in [0.717, 1.165) is 17.2 Å². The third-order valence-corrected chi connectivity index (χ3v) is 4.09. The number of hydrogen-bond donors (Lipinski definition) is 3. The molecule has 1 aromatic rings. The summed E-state index contributed by atoms with van der Waals surface area (Å²) in [6.45, 7) is 6.29. The number of anilines is 1. The van der Waals surface area contributed by atoms with Crippen LogP contribution < -0.4 is 10.6 Å². The summed E-state index contributed by atoms with van der Waals surface area (Å²) in [5, 5.41) is 15.8. The van der Waals surface area contributed by atoms with E-state index in [1.807, 2.05) is 12.1 Å². The van der Waals surface area contributed by atoms with Crippen LogP contribution in [0, 0.1) is 0 Å². The van der Waals surface area contributed by atoms with Crippen molar-refractivity contribution in [2.45, 2.75) is 32.2 Å². The quantitative estimate of drug-likeness (QED) is 0.727. The maximum Gasteiger partial charge on any atom is 0.242 e. The zero-order chi connectivity index (χ0) is 14.0. The van der Waals surface area contributed by atoms with Crippen molar-refractivity contribution in [3.05, 3.63) is 23.8 Å². The van der Waals surface area contributed by atoms with Crippen LogP contribution in [0.3, 0.4) is 0 Å². The van der Waals surface area contributed by atoms with Gasteiger partial charge in [0.05, 0.1) is 11.7 Å². The summed E-state index contributed by atoms with van der Waals surface area (Å²) in [5.74, 6) is 1.58. The molecule has 1 aromatic carbocycles. The Bertz CT molecular complexity index is 477. The molecule has 1 saturated heterocycles. The van der Waals surface area contributed by atoms with Gasteiger partial charge >= 0.3 is 0 Å². The molecule has 1 unspecified atom stereocenters. The lowest BCUT2D eigenvalue weighted by atomic mass is 9.87. The van der Waals surface area contributed by atoms with E-state index in [0.29, 0.717) is 5.69 Å². The molecule has 1 heterocycles. The first-order valence-electron chi connectivity index (χ1n) is 6.33. The minimum Gasteiger partial charge on any atom is -0.506 e. The van der Waals surface area contributed by atoms with Crippen LogP contribution in [0.2, 0.25) is 0 Å². The molecule has 104 valence electrons. The highest BCUT2D eigenvalue weighted by Gasteiger charge is 2.24. The van der Waals surface area contributed by atoms with Gasteiger partial charge in [-0.2, -0.15) is 0 Å². The molecular weight excluding hydrogens is 260 g/mol. The summed E-state index contributed by atoms with van der Waals surface area (Å²) in [4.78, 5) is 12.0. The van der Waals surface area contributed by atoms with Crippen LogP contribution in [0.1, 0.15) is 26.3 Å². The lowest BCUT2D eigenvalue weighted by molar-refractivity contribution is -0.117. The first-order valence-corrected chi connectivity index (χ1v) is 7.49. The molecule has 3 N–H and O–H groups in total. The molecule has 1 aliphatic heterocycles. The number of benzene rings is 1. The number of phenolic OH excluding ortho intramolecular Hbond substituents is 1. The van der Waals surface area contributed by atoms with Crippen molar-refractivity contribution in [1.82, 2.24) is 5.32 Å². The van der Waals surface area contributed by atoms with Gasteiger partial charge in [-0.1, -0.05) is 26.8 Å². The number of carbonyl (C=O) groups excluding carboxylic acids is 1. The minimum atomic E-state index is -0.178. The predicted octanol–water partition coefficient (Wildman–Crippen LogP) is 2.29. The van der Waals surface area contributed by atoms with E-state index in [-0.39, 0.29) is 23.1 Å². The largest absolute Gasteiger partial charge is 0.506 e. The average Bonchev–Trinajstić information content (AvgIpc) is 2.84. The molecule has 0 aliphatic carbocycles. The van der Waals surface area contributed by atoms with Crippen LogP contribution in [0.15, 0.2) is 18.2 Å². The predicted molar refractivity (Wildman–Crippen MR) is 79.7 cm³/mol. The summed E-state index contributed by atoms with van der Waals surface area (Å²) < 4.78 is 0. The topological polar surface area (TPSA) is 61.4 Å². The fraction of sp³-hybridized carbons (Fsp3) is 0.500. The SMILES string of the molecule is CC(C)(C)c1ccc(O)c(NC(=O)C2CSCN2)c1. The Labute approximate surface area is 118 Å². The minimum absolute atomic E-state index is 0.0192. The molecule has 1 aliphatic rings. The normalized spacial score (nSPS) is 19.4. The summed E-state index contributed by atoms with van der Waals surface area (Å²) in [6, 6.07) is 5.18. The summed E-state index contributed by atoms with van der Waals surface area (Å²) in [7, 11) is 0. The van der Waals surface area contributed by atoms with Crippen molar-refractivity contribution >= 4 is 23.4 Å². The van der Waals surface area contributed by atoms with Crippen LogP contribution in [-0.4, -0.2) is 28.7 Å². The second kappa shape index (κ2) is 5.43. The highest BCUT2D eigenvalue weighted by molar-refractivity contribution is 7.99. The number of phenols is 1. The second-order valence-electron chi connectivity index (χ2n) is 5.74. The Kier molecular flexibility index (Phi) is 4.06. The molecule has 4 nitrogen and oxygen atoms in total. The number of aromatic hydroxyl groups is 1. The zero-order valence-electron chi connectivity index (χ0n) is 11.5. The summed E-state index contributed by atoms with van der Waals surface area (Å²) in [5.41, 5.74) is 1.54. The van der Waals surface area contributed by atoms with E-state index < -0.39 is 0 Å². The lowest BCUT2D eigenvalue weighted by Gasteiger charge is -2.21. The van der Waals surface area contributed by atoms with Gasteiger partial charge < -0.3 is 10.4 Å². The van der Waals surface area contributed by atoms with Gasteiger partial charge in [-0.3, -0.25) is 10.1 Å². The Balaban J connectivity index is 2.17. The van der Waals surface area contributed by atoms with Crippen LogP contribution in [0.25, 0.3) is 0 Å². The first-order chi connectivity index (χ1) is 8.88. The first kappa shape index (κ1) is 14.2. The van der Waals surface area contributed by atoms with Crippen LogP contribution in [-0.2, 0) is 10.2 Å². The van der Waals surface area contributed by atoms with Gasteiger partial charge in [-0.15, -0.1) is 11.8 Å². The van der Waals surface area contributed by atoms with Gasteiger partial charge in [-0.25, -0.2) is 0 Å². The number of nitrogens with one attached hydrogen (secondary N) is 2. The number of hydrogen-bond acceptors (Lipinski definition) is 4. The van der Waals surface area contributed by atoms with Crippen LogP contribution in [0.5, 0.6) is 5.75 Å². The van der Waals surface area contributed by atoms with E-state index in [1.165, 1.54) is 0 Å². The van der Waals surface area contributed by atoms with E-state index in [1.54, 1.807) is 17.8 Å². The monoisotopic (exact) mass is 280 g/mol. The molecule has 19 heavy (non-hydrogen) atoms. The fourth-order valence-electron chi connectivity index (χ4n) is 1.89. The molecule has 0 bridgehead atoms. The van der Waals surface area contributed by atoms with Gasteiger partial charge in [0.15, 0.2) is 0 Å². The van der Waals surface area contributed by atoms with Crippen molar-refractivity contribution in [1.29, 1.82) is 0 Å². The third-order valence-electron chi connectivity index (χ3n) is 3.15. The number of carbonyl (C=O) groups is 1. The number of thioether (sulfide) groups is 1. The average molecular weight is 280 g/mol. The molecule has 1 amide bonds. The van der Waals surface area contributed by atoms with Crippen LogP contribution >= 0.6 is 11.8 Å². The van der Waals surface area contributed by atoms with Gasteiger partial charge in [0.2, 0.25) is 5.91 Å². The Morgan fingerprint density at radius 1 is 1.47 bits per heavy atom. The van der Waals surface area contributed by atoms with Crippen LogP contribution in [0.4, 0.5) is 5.69 Å². The summed E-state index contributed by atoms with van der Waals surface area (Å²) in [6.07, 6.45) is 0. The zero-order valence-corrected chi connectivity index (χ0v) is 12.3. The second-order valence-corrected chi connectivity index (χ2v) is 6.77. The number of rotatable bonds is 2. The summed E-state index contributed by atoms with van der Waals surface area (Å²) >= 11 is 1.70. The smallest absolute Gasteiger partial charge is 0.242 e. The van der Waals surface area contributed by atoms with Gasteiger partial charge in [-0.05, 0) is 23.1 Å². The van der Waals surface area contributed by atoms with Crippen molar-refractivity contribution in [3.63, 3.8) is 0 Å². The van der Waals surface area contributed by atoms with Crippen molar-refractivity contribution in [3.8, 4) is 5.75 Å².